The van der Waals surface area contributed by atoms with E-state index in [9.17, 15) is 9.59 Å². The molecule has 0 heterocycles. The van der Waals surface area contributed by atoms with Crippen LogP contribution in [0.25, 0.3) is 0 Å². The smallest absolute Gasteiger partial charge is 0.338 e. The summed E-state index contributed by atoms with van der Waals surface area (Å²) in [5, 5.41) is 8.93. The van der Waals surface area contributed by atoms with Crippen molar-refractivity contribution in [3.63, 3.8) is 0 Å². The Bertz CT molecular complexity index is 507. The van der Waals surface area contributed by atoms with Gasteiger partial charge in [-0.05, 0) is 49.4 Å². The zero-order valence-corrected chi connectivity index (χ0v) is 15.1. The zero-order valence-electron chi connectivity index (χ0n) is 15.1. The van der Waals surface area contributed by atoms with Gasteiger partial charge < -0.3 is 9.84 Å². The first-order chi connectivity index (χ1) is 11.5. The molecule has 0 fully saturated rings. The fourth-order valence-electron chi connectivity index (χ4n) is 2.87. The minimum atomic E-state index is -0.999. The summed E-state index contributed by atoms with van der Waals surface area (Å²) in [6.07, 6.45) is 7.30. The molecule has 0 radical (unpaired) electrons. The van der Waals surface area contributed by atoms with Gasteiger partial charge in [0.15, 0.2) is 0 Å². The van der Waals surface area contributed by atoms with Crippen molar-refractivity contribution in [3.8, 4) is 0 Å². The summed E-state index contributed by atoms with van der Waals surface area (Å²) in [6.45, 7) is 6.45. The maximum absolute atomic E-state index is 12.4. The van der Waals surface area contributed by atoms with Gasteiger partial charge in [-0.25, -0.2) is 9.59 Å². The molecule has 0 aromatic heterocycles. The SMILES string of the molecule is CCCCC(CC)C(CCCC)OC(=O)c1ccc(C(=O)O)cc1. The molecule has 2 unspecified atom stereocenters. The molecule has 0 spiro atoms. The lowest BCUT2D eigenvalue weighted by atomic mass is 9.90. The highest BCUT2D eigenvalue weighted by Gasteiger charge is 2.24. The van der Waals surface area contributed by atoms with E-state index in [0.29, 0.717) is 11.5 Å². The molecule has 4 nitrogen and oxygen atoms in total. The lowest BCUT2D eigenvalue weighted by molar-refractivity contribution is 0.00788. The molecule has 1 aromatic carbocycles. The van der Waals surface area contributed by atoms with Gasteiger partial charge in [0.2, 0.25) is 0 Å². The summed E-state index contributed by atoms with van der Waals surface area (Å²) >= 11 is 0. The van der Waals surface area contributed by atoms with Crippen LogP contribution in [0.1, 0.15) is 86.4 Å². The van der Waals surface area contributed by atoms with E-state index in [-0.39, 0.29) is 17.6 Å². The molecule has 4 heteroatoms. The van der Waals surface area contributed by atoms with Crippen molar-refractivity contribution >= 4 is 11.9 Å². The number of carboxylic acid groups (broad SMARTS) is 1. The molecule has 0 bridgehead atoms. The van der Waals surface area contributed by atoms with Gasteiger partial charge >= 0.3 is 11.9 Å². The number of carbonyl (C=O) groups excluding carboxylic acids is 1. The maximum Gasteiger partial charge on any atom is 0.338 e. The normalized spacial score (nSPS) is 13.3. The van der Waals surface area contributed by atoms with Crippen molar-refractivity contribution in [2.75, 3.05) is 0 Å². The van der Waals surface area contributed by atoms with E-state index < -0.39 is 5.97 Å². The number of benzene rings is 1. The Morgan fingerprint density at radius 1 is 0.958 bits per heavy atom. The number of carboxylic acids is 1. The number of rotatable bonds is 11. The van der Waals surface area contributed by atoms with Crippen LogP contribution in [-0.4, -0.2) is 23.1 Å². The molecular formula is C20H30O4. The number of carbonyl (C=O) groups is 2. The van der Waals surface area contributed by atoms with E-state index in [1.54, 1.807) is 0 Å². The minimum absolute atomic E-state index is 0.0619. The molecule has 0 saturated carbocycles. The van der Waals surface area contributed by atoms with Gasteiger partial charge in [-0.3, -0.25) is 0 Å². The highest BCUT2D eigenvalue weighted by Crippen LogP contribution is 2.24. The van der Waals surface area contributed by atoms with E-state index in [4.69, 9.17) is 9.84 Å². The third-order valence-corrected chi connectivity index (χ3v) is 4.45. The maximum atomic E-state index is 12.4. The van der Waals surface area contributed by atoms with Gasteiger partial charge in [0, 0.05) is 0 Å². The second-order valence-electron chi connectivity index (χ2n) is 6.28. The van der Waals surface area contributed by atoms with Crippen LogP contribution >= 0.6 is 0 Å². The fourth-order valence-corrected chi connectivity index (χ4v) is 2.87. The lowest BCUT2D eigenvalue weighted by Crippen LogP contribution is -2.27. The van der Waals surface area contributed by atoms with Crippen LogP contribution in [0.4, 0.5) is 0 Å². The first-order valence-electron chi connectivity index (χ1n) is 9.07. The van der Waals surface area contributed by atoms with Crippen LogP contribution in [0, 0.1) is 5.92 Å². The predicted molar refractivity (Wildman–Crippen MR) is 95.4 cm³/mol. The van der Waals surface area contributed by atoms with E-state index in [2.05, 4.69) is 20.8 Å². The van der Waals surface area contributed by atoms with E-state index in [1.807, 2.05) is 0 Å². The summed E-state index contributed by atoms with van der Waals surface area (Å²) in [5.74, 6) is -0.969. The number of ether oxygens (including phenoxy) is 1. The van der Waals surface area contributed by atoms with Gasteiger partial charge in [-0.2, -0.15) is 0 Å². The number of hydrogen-bond donors (Lipinski definition) is 1. The van der Waals surface area contributed by atoms with Crippen molar-refractivity contribution in [1.29, 1.82) is 0 Å². The summed E-state index contributed by atoms with van der Waals surface area (Å²) < 4.78 is 5.80. The number of esters is 1. The molecule has 1 rings (SSSR count). The van der Waals surface area contributed by atoms with E-state index in [0.717, 1.165) is 44.9 Å². The zero-order chi connectivity index (χ0) is 17.9. The molecule has 0 aliphatic carbocycles. The topological polar surface area (TPSA) is 63.6 Å². The molecule has 1 aromatic rings. The van der Waals surface area contributed by atoms with Gasteiger partial charge in [0.1, 0.15) is 6.10 Å². The Balaban J connectivity index is 2.79. The average Bonchev–Trinajstić information content (AvgIpc) is 2.59. The van der Waals surface area contributed by atoms with Crippen LogP contribution in [0.5, 0.6) is 0 Å². The molecule has 0 aliphatic heterocycles. The van der Waals surface area contributed by atoms with E-state index in [1.165, 1.54) is 24.3 Å². The molecular weight excluding hydrogens is 304 g/mol. The third kappa shape index (κ3) is 6.34. The van der Waals surface area contributed by atoms with Gasteiger partial charge in [0.05, 0.1) is 11.1 Å². The number of aromatic carboxylic acids is 1. The molecule has 1 N–H and O–H groups in total. The Hall–Kier alpha value is -1.84. The molecule has 134 valence electrons. The standard InChI is InChI=1S/C20H30O4/c1-4-7-9-15(6-3)18(10-8-5-2)24-20(23)17-13-11-16(12-14-17)19(21)22/h11-15,18H,4-10H2,1-3H3,(H,21,22). The summed E-state index contributed by atoms with van der Waals surface area (Å²) in [4.78, 5) is 23.3. The third-order valence-electron chi connectivity index (χ3n) is 4.45. The first-order valence-corrected chi connectivity index (χ1v) is 9.07. The van der Waals surface area contributed by atoms with Crippen molar-refractivity contribution in [3.05, 3.63) is 35.4 Å². The second-order valence-corrected chi connectivity index (χ2v) is 6.28. The Morgan fingerprint density at radius 2 is 1.50 bits per heavy atom. The van der Waals surface area contributed by atoms with Crippen molar-refractivity contribution < 1.29 is 19.4 Å². The Kier molecular flexibility index (Phi) is 9.13. The van der Waals surface area contributed by atoms with Crippen LogP contribution < -0.4 is 0 Å². The Morgan fingerprint density at radius 3 is 2.00 bits per heavy atom. The molecule has 0 amide bonds. The monoisotopic (exact) mass is 334 g/mol. The van der Waals surface area contributed by atoms with Crippen molar-refractivity contribution in [2.45, 2.75) is 71.8 Å². The number of unbranched alkanes of at least 4 members (excludes halogenated alkanes) is 2. The highest BCUT2D eigenvalue weighted by molar-refractivity contribution is 5.92. The Labute approximate surface area is 145 Å². The van der Waals surface area contributed by atoms with Crippen molar-refractivity contribution in [2.24, 2.45) is 5.92 Å². The van der Waals surface area contributed by atoms with Crippen LogP contribution in [0.2, 0.25) is 0 Å². The molecule has 24 heavy (non-hydrogen) atoms. The summed E-state index contributed by atoms with van der Waals surface area (Å²) in [6, 6.07) is 5.92. The quantitative estimate of drug-likeness (QED) is 0.556. The average molecular weight is 334 g/mol. The van der Waals surface area contributed by atoms with Crippen LogP contribution in [-0.2, 0) is 4.74 Å². The summed E-state index contributed by atoms with van der Waals surface area (Å²) in [5.41, 5.74) is 0.579. The highest BCUT2D eigenvalue weighted by atomic mass is 16.5. The molecule has 0 saturated heterocycles. The van der Waals surface area contributed by atoms with Gasteiger partial charge in [0.25, 0.3) is 0 Å². The van der Waals surface area contributed by atoms with Gasteiger partial charge in [-0.15, -0.1) is 0 Å². The minimum Gasteiger partial charge on any atom is -0.478 e. The summed E-state index contributed by atoms with van der Waals surface area (Å²) in [7, 11) is 0. The molecule has 2 atom stereocenters. The molecule has 0 aliphatic rings. The predicted octanol–water partition coefficient (Wildman–Crippen LogP) is 5.32. The van der Waals surface area contributed by atoms with Crippen LogP contribution in [0.15, 0.2) is 24.3 Å². The van der Waals surface area contributed by atoms with Crippen molar-refractivity contribution in [1.82, 2.24) is 0 Å². The second kappa shape index (κ2) is 10.8. The lowest BCUT2D eigenvalue weighted by Gasteiger charge is -2.26. The largest absolute Gasteiger partial charge is 0.478 e. The first kappa shape index (κ1) is 20.2. The van der Waals surface area contributed by atoms with Crippen LogP contribution in [0.3, 0.4) is 0 Å². The number of hydrogen-bond acceptors (Lipinski definition) is 3. The van der Waals surface area contributed by atoms with E-state index >= 15 is 0 Å². The fraction of sp³-hybridized carbons (Fsp3) is 0.600. The van der Waals surface area contributed by atoms with Gasteiger partial charge in [-0.1, -0.05) is 46.5 Å².